The van der Waals surface area contributed by atoms with Gasteiger partial charge in [-0.2, -0.15) is 0 Å². The summed E-state index contributed by atoms with van der Waals surface area (Å²) in [4.78, 5) is 5.42. The number of benzene rings is 8. The molecule has 0 N–H and O–H groups in total. The molecule has 5 aliphatic rings. The van der Waals surface area contributed by atoms with Crippen molar-refractivity contribution in [2.45, 2.75) is 156 Å². The van der Waals surface area contributed by atoms with Crippen LogP contribution in [0.2, 0.25) is 0 Å². The van der Waals surface area contributed by atoms with Gasteiger partial charge in [-0.05, 0) is 197 Å². The van der Waals surface area contributed by atoms with E-state index in [-0.39, 0.29) is 39.2 Å². The average Bonchev–Trinajstić information content (AvgIpc) is 3.71. The first-order chi connectivity index (χ1) is 35.4. The van der Waals surface area contributed by atoms with Gasteiger partial charge < -0.3 is 9.80 Å². The number of hydrogen-bond acceptors (Lipinski definition) is 2. The number of hydrogen-bond donors (Lipinski definition) is 0. The third kappa shape index (κ3) is 6.97. The Bertz CT molecular complexity index is 3740. The maximum Gasteiger partial charge on any atom is 0.252 e. The lowest BCUT2D eigenvalue weighted by atomic mass is 9.33. The quantitative estimate of drug-likeness (QED) is 0.162. The van der Waals surface area contributed by atoms with Gasteiger partial charge in [0.05, 0.1) is 5.69 Å². The molecule has 13 rings (SSSR count). The number of anilines is 6. The fourth-order valence-electron chi connectivity index (χ4n) is 15.3. The lowest BCUT2D eigenvalue weighted by Gasteiger charge is -2.48. The number of aryl methyl sites for hydroxylation is 2. The molecule has 0 amide bonds. The Morgan fingerprint density at radius 2 is 0.987 bits per heavy atom. The van der Waals surface area contributed by atoms with Crippen molar-refractivity contribution in [3.8, 4) is 33.4 Å². The minimum absolute atomic E-state index is 0.00596. The molecule has 0 atom stereocenters. The molecule has 8 aromatic carbocycles. The fourth-order valence-corrected chi connectivity index (χ4v) is 15.3. The Hall–Kier alpha value is -6.58. The summed E-state index contributed by atoms with van der Waals surface area (Å²) in [5.41, 5.74) is 32.3. The molecule has 0 fully saturated rings. The van der Waals surface area contributed by atoms with Crippen LogP contribution in [-0.4, -0.2) is 6.71 Å². The topological polar surface area (TPSA) is 6.48 Å². The molecule has 3 aliphatic carbocycles. The van der Waals surface area contributed by atoms with Gasteiger partial charge in [0.1, 0.15) is 0 Å². The molecule has 75 heavy (non-hydrogen) atoms. The predicted molar refractivity (Wildman–Crippen MR) is 323 cm³/mol. The summed E-state index contributed by atoms with van der Waals surface area (Å²) in [7, 11) is 0. The molecule has 2 nitrogen and oxygen atoms in total. The van der Waals surface area contributed by atoms with Gasteiger partial charge in [0.15, 0.2) is 0 Å². The molecule has 0 saturated carbocycles. The van der Waals surface area contributed by atoms with Gasteiger partial charge in [-0.25, -0.2) is 0 Å². The van der Waals surface area contributed by atoms with Crippen LogP contribution in [0, 0.1) is 13.8 Å². The molecule has 0 saturated heterocycles. The molecule has 2 heterocycles. The molecule has 0 spiro atoms. The minimum atomic E-state index is -0.0935. The third-order valence-electron chi connectivity index (χ3n) is 19.2. The largest absolute Gasteiger partial charge is 0.311 e. The summed E-state index contributed by atoms with van der Waals surface area (Å²) < 4.78 is 0. The van der Waals surface area contributed by atoms with Crippen LogP contribution in [0.1, 0.15) is 159 Å². The van der Waals surface area contributed by atoms with Gasteiger partial charge >= 0.3 is 0 Å². The lowest BCUT2D eigenvalue weighted by molar-refractivity contribution is 0.332. The summed E-state index contributed by atoms with van der Waals surface area (Å²) in [5.74, 6) is 0. The van der Waals surface area contributed by atoms with Gasteiger partial charge in [0.25, 0.3) is 6.71 Å². The van der Waals surface area contributed by atoms with E-state index in [2.05, 4.69) is 259 Å². The molecular formula is C72H75BN2. The highest BCUT2D eigenvalue weighted by Gasteiger charge is 2.49. The Morgan fingerprint density at radius 1 is 0.413 bits per heavy atom. The molecule has 0 aromatic heterocycles. The second-order valence-electron chi connectivity index (χ2n) is 27.7. The highest BCUT2D eigenvalue weighted by molar-refractivity contribution is 7.00. The predicted octanol–water partition coefficient (Wildman–Crippen LogP) is 17.6. The summed E-state index contributed by atoms with van der Waals surface area (Å²) in [6, 6.07) is 57.8. The zero-order valence-electron chi connectivity index (χ0n) is 47.4. The molecule has 2 aliphatic heterocycles. The van der Waals surface area contributed by atoms with Crippen LogP contribution >= 0.6 is 0 Å². The molecule has 0 unspecified atom stereocenters. The number of fused-ring (bicyclic) bond motifs is 9. The van der Waals surface area contributed by atoms with E-state index in [1.165, 1.54) is 134 Å². The first kappa shape index (κ1) is 48.1. The molecule has 3 heteroatoms. The zero-order chi connectivity index (χ0) is 52.7. The van der Waals surface area contributed by atoms with E-state index in [1.54, 1.807) is 0 Å². The highest BCUT2D eigenvalue weighted by atomic mass is 15.2. The van der Waals surface area contributed by atoms with Crippen molar-refractivity contribution in [1.82, 2.24) is 0 Å². The van der Waals surface area contributed by atoms with Gasteiger partial charge in [-0.1, -0.05) is 193 Å². The van der Waals surface area contributed by atoms with Crippen LogP contribution in [-0.2, 0) is 32.5 Å². The summed E-state index contributed by atoms with van der Waals surface area (Å²) in [5, 5.41) is 0. The van der Waals surface area contributed by atoms with Crippen LogP contribution in [0.3, 0.4) is 0 Å². The van der Waals surface area contributed by atoms with Gasteiger partial charge in [-0.3, -0.25) is 0 Å². The van der Waals surface area contributed by atoms with Crippen LogP contribution in [0.5, 0.6) is 0 Å². The van der Waals surface area contributed by atoms with Crippen molar-refractivity contribution in [3.05, 3.63) is 196 Å². The lowest BCUT2D eigenvalue weighted by Crippen LogP contribution is -2.62. The van der Waals surface area contributed by atoms with E-state index >= 15 is 0 Å². The van der Waals surface area contributed by atoms with E-state index in [1.807, 2.05) is 0 Å². The normalized spacial score (nSPS) is 18.4. The molecule has 8 aromatic rings. The third-order valence-corrected chi connectivity index (χ3v) is 19.2. The van der Waals surface area contributed by atoms with Crippen LogP contribution < -0.4 is 26.2 Å². The Morgan fingerprint density at radius 3 is 1.68 bits per heavy atom. The molecule has 0 bridgehead atoms. The van der Waals surface area contributed by atoms with Crippen LogP contribution in [0.15, 0.2) is 146 Å². The number of nitrogens with zero attached hydrogens (tertiary/aromatic N) is 2. The maximum absolute atomic E-state index is 2.72. The van der Waals surface area contributed by atoms with E-state index in [4.69, 9.17) is 0 Å². The monoisotopic (exact) mass is 979 g/mol. The number of rotatable bonds is 4. The Labute approximate surface area is 449 Å². The van der Waals surface area contributed by atoms with Crippen molar-refractivity contribution in [2.75, 3.05) is 9.80 Å². The first-order valence-electron chi connectivity index (χ1n) is 28.0. The first-order valence-corrected chi connectivity index (χ1v) is 28.0. The van der Waals surface area contributed by atoms with Gasteiger partial charge in [0.2, 0.25) is 0 Å². The highest BCUT2D eigenvalue weighted by Crippen LogP contribution is 2.57. The van der Waals surface area contributed by atoms with Crippen molar-refractivity contribution in [1.29, 1.82) is 0 Å². The Kier molecular flexibility index (Phi) is 10.1. The maximum atomic E-state index is 2.72. The van der Waals surface area contributed by atoms with Crippen molar-refractivity contribution >= 4 is 57.2 Å². The van der Waals surface area contributed by atoms with Crippen molar-refractivity contribution < 1.29 is 0 Å². The second-order valence-corrected chi connectivity index (χ2v) is 27.7. The standard InChI is InChI=1S/C72H75BN2/c1-43-34-63-66-64(35-43)75(60-40-56-53(36-44(60)2)70(10,11)42-71(56,12)13)61-37-46(48-25-21-27-52-65(48)49-24-19-20-26-51(49)72(52,14)15)28-30-57(61)73(66)58-39-54-55(69(8,9)33-32-68(54,6)7)41-62(58)74(63)59-31-29-47(67(3,4)5)38-50(59)45-22-17-16-18-23-45/h16-31,34-41H,32-33,42H2,1-15H3. The van der Waals surface area contributed by atoms with Crippen LogP contribution in [0.4, 0.5) is 34.1 Å². The summed E-state index contributed by atoms with van der Waals surface area (Å²) >= 11 is 0. The molecule has 376 valence electrons. The SMILES string of the molecule is Cc1cc2c3c(c1)N(c1ccc(C(C)(C)C)cc1-c1ccccc1)c1cc4c(cc1B3c1ccc(-c3cccc5c3-c3ccccc3C5(C)C)cc1N2c1cc2c(cc1C)C(C)(C)CC2(C)C)C(C)(C)CCC4(C)C. The molecular weight excluding hydrogens is 904 g/mol. The molecule has 0 radical (unpaired) electrons. The van der Waals surface area contributed by atoms with Gasteiger partial charge in [0, 0.05) is 39.4 Å². The van der Waals surface area contributed by atoms with Crippen molar-refractivity contribution in [2.24, 2.45) is 0 Å². The zero-order valence-corrected chi connectivity index (χ0v) is 47.4. The Balaban J connectivity index is 1.15. The van der Waals surface area contributed by atoms with Crippen LogP contribution in [0.25, 0.3) is 33.4 Å². The van der Waals surface area contributed by atoms with E-state index < -0.39 is 0 Å². The smallest absolute Gasteiger partial charge is 0.252 e. The fraction of sp³-hybridized carbons (Fsp3) is 0.333. The summed E-state index contributed by atoms with van der Waals surface area (Å²) in [6.45, 7) is 36.3. The average molecular weight is 979 g/mol. The van der Waals surface area contributed by atoms with E-state index in [9.17, 15) is 0 Å². The summed E-state index contributed by atoms with van der Waals surface area (Å²) in [6.07, 6.45) is 3.44. The second kappa shape index (κ2) is 15.8. The van der Waals surface area contributed by atoms with E-state index in [0.29, 0.717) is 0 Å². The van der Waals surface area contributed by atoms with E-state index in [0.717, 1.165) is 19.3 Å². The van der Waals surface area contributed by atoms with Gasteiger partial charge in [-0.15, -0.1) is 0 Å². The minimum Gasteiger partial charge on any atom is -0.311 e. The van der Waals surface area contributed by atoms with Crippen molar-refractivity contribution in [3.63, 3.8) is 0 Å².